The Bertz CT molecular complexity index is 812. The van der Waals surface area contributed by atoms with Gasteiger partial charge in [0, 0.05) is 18.8 Å². The van der Waals surface area contributed by atoms with Crippen molar-refractivity contribution in [3.63, 3.8) is 0 Å². The highest BCUT2D eigenvalue weighted by Crippen LogP contribution is 2.27. The van der Waals surface area contributed by atoms with Crippen molar-refractivity contribution in [3.05, 3.63) is 53.9 Å². The van der Waals surface area contributed by atoms with Crippen molar-refractivity contribution in [3.8, 4) is 5.75 Å². The summed E-state index contributed by atoms with van der Waals surface area (Å²) >= 11 is 0. The molecule has 1 aliphatic heterocycles. The van der Waals surface area contributed by atoms with Crippen LogP contribution in [0.4, 0.5) is 10.5 Å². The van der Waals surface area contributed by atoms with Crippen molar-refractivity contribution in [1.82, 2.24) is 14.7 Å². The van der Waals surface area contributed by atoms with Crippen LogP contribution >= 0.6 is 0 Å². The van der Waals surface area contributed by atoms with Crippen LogP contribution in [-0.2, 0) is 0 Å². The number of ether oxygens (including phenoxy) is 1. The second-order valence-electron chi connectivity index (χ2n) is 6.93. The van der Waals surface area contributed by atoms with Crippen LogP contribution in [0, 0.1) is 13.8 Å². The van der Waals surface area contributed by atoms with Crippen molar-refractivity contribution in [1.29, 1.82) is 0 Å². The third-order valence-electron chi connectivity index (χ3n) is 4.44. The van der Waals surface area contributed by atoms with Crippen molar-refractivity contribution in [2.75, 3.05) is 25.0 Å². The number of benzene rings is 1. The zero-order chi connectivity index (χ0) is 18.7. The lowest BCUT2D eigenvalue weighted by Gasteiger charge is -2.19. The highest BCUT2D eigenvalue weighted by atomic mass is 16.5. The molecule has 3 rings (SSSR count). The van der Waals surface area contributed by atoms with Gasteiger partial charge in [-0.15, -0.1) is 0 Å². The topological polar surface area (TPSA) is 59.4 Å². The number of likely N-dealkylation sites (tertiary alicyclic amines) is 1. The van der Waals surface area contributed by atoms with Gasteiger partial charge in [0.1, 0.15) is 12.4 Å². The molecule has 1 aromatic carbocycles. The van der Waals surface area contributed by atoms with Gasteiger partial charge >= 0.3 is 6.03 Å². The van der Waals surface area contributed by atoms with Gasteiger partial charge in [0.2, 0.25) is 0 Å². The second-order valence-corrected chi connectivity index (χ2v) is 6.93. The van der Waals surface area contributed by atoms with E-state index in [9.17, 15) is 4.79 Å². The number of rotatable bonds is 5. The smallest absolute Gasteiger partial charge is 0.322 e. The van der Waals surface area contributed by atoms with Crippen molar-refractivity contribution < 1.29 is 9.53 Å². The van der Waals surface area contributed by atoms with Crippen LogP contribution in [0.15, 0.2) is 42.5 Å². The van der Waals surface area contributed by atoms with Crippen molar-refractivity contribution in [2.24, 2.45) is 0 Å². The molecule has 26 heavy (non-hydrogen) atoms. The number of hydrogen-bond donors (Lipinski definition) is 1. The van der Waals surface area contributed by atoms with Crippen molar-refractivity contribution >= 4 is 11.7 Å². The lowest BCUT2D eigenvalue weighted by molar-refractivity contribution is 0.220. The summed E-state index contributed by atoms with van der Waals surface area (Å²) in [5.74, 6) is 0.651. The first kappa shape index (κ1) is 18.0. The molecular formula is C20H26N4O2. The third kappa shape index (κ3) is 4.07. The Balaban J connectivity index is 1.64. The molecule has 2 heterocycles. The first-order valence-electron chi connectivity index (χ1n) is 8.89. The number of carbonyl (C=O) groups excluding carboxylic acids is 1. The van der Waals surface area contributed by atoms with Gasteiger partial charge in [-0.1, -0.05) is 18.7 Å². The molecule has 1 fully saturated rings. The Morgan fingerprint density at radius 1 is 1.38 bits per heavy atom. The minimum Gasteiger partial charge on any atom is -0.487 e. The van der Waals surface area contributed by atoms with Gasteiger partial charge in [-0.05, 0) is 51.0 Å². The predicted octanol–water partition coefficient (Wildman–Crippen LogP) is 3.93. The van der Waals surface area contributed by atoms with Gasteiger partial charge in [0.15, 0.2) is 0 Å². The maximum absolute atomic E-state index is 12.7. The largest absolute Gasteiger partial charge is 0.487 e. The molecule has 6 heteroatoms. The van der Waals surface area contributed by atoms with Crippen molar-refractivity contribution in [2.45, 2.75) is 33.2 Å². The number of carbonyl (C=O) groups is 1. The van der Waals surface area contributed by atoms with Crippen LogP contribution in [0.5, 0.6) is 5.75 Å². The fourth-order valence-electron chi connectivity index (χ4n) is 3.23. The lowest BCUT2D eigenvalue weighted by Crippen LogP contribution is -2.33. The Morgan fingerprint density at radius 3 is 2.85 bits per heavy atom. The van der Waals surface area contributed by atoms with Crippen LogP contribution in [0.25, 0.3) is 0 Å². The Kier molecular flexibility index (Phi) is 5.30. The molecule has 138 valence electrons. The second kappa shape index (κ2) is 7.64. The monoisotopic (exact) mass is 354 g/mol. The van der Waals surface area contributed by atoms with E-state index >= 15 is 0 Å². The minimum absolute atomic E-state index is 0.111. The quantitative estimate of drug-likeness (QED) is 0.828. The molecule has 0 spiro atoms. The summed E-state index contributed by atoms with van der Waals surface area (Å²) in [7, 11) is 0. The van der Waals surface area contributed by atoms with Crippen LogP contribution in [0.3, 0.4) is 0 Å². The standard InChI is InChI=1S/C20H26N4O2/c1-14(2)13-26-19-8-6-5-7-18(19)21-20(25)23-10-9-17(12-23)24-16(4)11-15(3)22-24/h5-8,11,17H,1,9-10,12-13H2,2-4H3,(H,21,25)/t17-/m1/s1. The summed E-state index contributed by atoms with van der Waals surface area (Å²) in [6.45, 7) is 11.6. The first-order chi connectivity index (χ1) is 12.4. The zero-order valence-electron chi connectivity index (χ0n) is 15.7. The summed E-state index contributed by atoms with van der Waals surface area (Å²) < 4.78 is 7.76. The number of para-hydroxylation sites is 2. The first-order valence-corrected chi connectivity index (χ1v) is 8.89. The molecule has 0 aliphatic carbocycles. The number of aryl methyl sites for hydroxylation is 2. The Hall–Kier alpha value is -2.76. The van der Waals surface area contributed by atoms with E-state index in [1.807, 2.05) is 47.7 Å². The Morgan fingerprint density at radius 2 is 2.15 bits per heavy atom. The normalized spacial score (nSPS) is 16.6. The number of aromatic nitrogens is 2. The summed E-state index contributed by atoms with van der Waals surface area (Å²) in [4.78, 5) is 14.5. The van der Waals surface area contributed by atoms with Crippen LogP contribution in [-0.4, -0.2) is 40.4 Å². The molecule has 1 aromatic heterocycles. The van der Waals surface area contributed by atoms with Gasteiger partial charge in [0.05, 0.1) is 17.4 Å². The molecule has 2 aromatic rings. The molecule has 1 atom stereocenters. The van der Waals surface area contributed by atoms with Gasteiger partial charge < -0.3 is 15.0 Å². The van der Waals surface area contributed by atoms with E-state index in [1.54, 1.807) is 0 Å². The molecule has 0 bridgehead atoms. The average Bonchev–Trinajstić information content (AvgIpc) is 3.20. The lowest BCUT2D eigenvalue weighted by atomic mass is 10.2. The van der Waals surface area contributed by atoms with E-state index in [4.69, 9.17) is 4.74 Å². The fourth-order valence-corrected chi connectivity index (χ4v) is 3.23. The third-order valence-corrected chi connectivity index (χ3v) is 4.44. The van der Waals surface area contributed by atoms with Crippen LogP contribution in [0.2, 0.25) is 0 Å². The van der Waals surface area contributed by atoms with Crippen LogP contribution in [0.1, 0.15) is 30.8 Å². The van der Waals surface area contributed by atoms with Crippen LogP contribution < -0.4 is 10.1 Å². The van der Waals surface area contributed by atoms with Gasteiger partial charge in [0.25, 0.3) is 0 Å². The summed E-state index contributed by atoms with van der Waals surface area (Å²) in [5.41, 5.74) is 3.74. The molecular weight excluding hydrogens is 328 g/mol. The predicted molar refractivity (Wildman–Crippen MR) is 103 cm³/mol. The van der Waals surface area contributed by atoms with Gasteiger partial charge in [-0.2, -0.15) is 5.10 Å². The molecule has 1 N–H and O–H groups in total. The Labute approximate surface area is 154 Å². The number of hydrogen-bond acceptors (Lipinski definition) is 3. The number of nitrogens with one attached hydrogen (secondary N) is 1. The molecule has 0 unspecified atom stereocenters. The van der Waals surface area contributed by atoms with E-state index in [0.717, 1.165) is 23.4 Å². The molecule has 6 nitrogen and oxygen atoms in total. The highest BCUT2D eigenvalue weighted by Gasteiger charge is 2.29. The maximum atomic E-state index is 12.7. The van der Waals surface area contributed by atoms with Gasteiger partial charge in [-0.3, -0.25) is 4.68 Å². The SMILES string of the molecule is C=C(C)COc1ccccc1NC(=O)N1CC[C@@H](n2nc(C)cc2C)C1. The highest BCUT2D eigenvalue weighted by molar-refractivity contribution is 5.91. The van der Waals surface area contributed by atoms with E-state index < -0.39 is 0 Å². The number of urea groups is 1. The molecule has 1 saturated heterocycles. The average molecular weight is 354 g/mol. The summed E-state index contributed by atoms with van der Waals surface area (Å²) in [5, 5.41) is 7.53. The minimum atomic E-state index is -0.111. The van der Waals surface area contributed by atoms with E-state index in [1.165, 1.54) is 0 Å². The number of amides is 2. The number of nitrogens with zero attached hydrogens (tertiary/aromatic N) is 3. The summed E-state index contributed by atoms with van der Waals surface area (Å²) in [6.07, 6.45) is 0.906. The molecule has 0 saturated carbocycles. The number of anilines is 1. The summed E-state index contributed by atoms with van der Waals surface area (Å²) in [6, 6.07) is 9.65. The van der Waals surface area contributed by atoms with E-state index in [2.05, 4.69) is 30.0 Å². The van der Waals surface area contributed by atoms with Gasteiger partial charge in [-0.25, -0.2) is 4.79 Å². The zero-order valence-corrected chi connectivity index (χ0v) is 15.7. The molecule has 2 amide bonds. The molecule has 0 radical (unpaired) electrons. The van der Waals surface area contributed by atoms with E-state index in [-0.39, 0.29) is 12.1 Å². The fraction of sp³-hybridized carbons (Fsp3) is 0.400. The van der Waals surface area contributed by atoms with E-state index in [0.29, 0.717) is 31.1 Å². The maximum Gasteiger partial charge on any atom is 0.322 e. The molecule has 1 aliphatic rings.